The van der Waals surface area contributed by atoms with E-state index in [1.165, 1.54) is 32.1 Å². The van der Waals surface area contributed by atoms with Crippen LogP contribution in [-0.2, 0) is 0 Å². The third-order valence-electron chi connectivity index (χ3n) is 5.62. The molecule has 1 aliphatic carbocycles. The van der Waals surface area contributed by atoms with Crippen LogP contribution in [0.25, 0.3) is 0 Å². The number of ether oxygens (including phenoxy) is 2. The predicted molar refractivity (Wildman–Crippen MR) is 141 cm³/mol. The molecule has 0 atom stereocenters. The Morgan fingerprint density at radius 2 is 1.82 bits per heavy atom. The Bertz CT molecular complexity index is 928. The fraction of sp³-hybridized carbons (Fsp3) is 0.462. The average molecular weight is 534 g/mol. The lowest BCUT2D eigenvalue weighted by atomic mass is 9.87. The van der Waals surface area contributed by atoms with Crippen LogP contribution in [-0.4, -0.2) is 24.2 Å². The second kappa shape index (κ2) is 12.9. The van der Waals surface area contributed by atoms with Crippen molar-refractivity contribution in [1.29, 1.82) is 0 Å². The van der Waals surface area contributed by atoms with E-state index in [0.29, 0.717) is 23.8 Å². The molecule has 0 aromatic heterocycles. The van der Waals surface area contributed by atoms with Gasteiger partial charge >= 0.3 is 0 Å². The van der Waals surface area contributed by atoms with Crippen molar-refractivity contribution in [3.63, 3.8) is 0 Å². The summed E-state index contributed by atoms with van der Waals surface area (Å²) in [5.74, 6) is 2.21. The van der Waals surface area contributed by atoms with Crippen LogP contribution in [0.3, 0.4) is 0 Å². The highest BCUT2D eigenvalue weighted by atomic mass is 79.9. The maximum Gasteiger partial charge on any atom is 0.261 e. The van der Waals surface area contributed by atoms with Gasteiger partial charge in [-0.25, -0.2) is 0 Å². The Kier molecular flexibility index (Phi) is 10.0. The van der Waals surface area contributed by atoms with Crippen molar-refractivity contribution in [3.05, 3.63) is 52.5 Å². The molecule has 0 saturated heterocycles. The number of amides is 1. The van der Waals surface area contributed by atoms with Crippen molar-refractivity contribution in [2.24, 2.45) is 11.8 Å². The minimum atomic E-state index is -0.324. The summed E-state index contributed by atoms with van der Waals surface area (Å²) in [4.78, 5) is 12.8. The molecule has 2 aromatic carbocycles. The largest absolute Gasteiger partial charge is 0.494 e. The minimum Gasteiger partial charge on any atom is -0.494 e. The molecule has 7 heteroatoms. The van der Waals surface area contributed by atoms with Gasteiger partial charge in [-0.2, -0.15) is 0 Å². The van der Waals surface area contributed by atoms with Crippen molar-refractivity contribution in [3.8, 4) is 11.5 Å². The van der Waals surface area contributed by atoms with E-state index in [9.17, 15) is 4.79 Å². The van der Waals surface area contributed by atoms with Gasteiger partial charge in [0.2, 0.25) is 0 Å². The topological polar surface area (TPSA) is 59.6 Å². The van der Waals surface area contributed by atoms with E-state index in [0.717, 1.165) is 34.9 Å². The minimum absolute atomic E-state index is 0.223. The van der Waals surface area contributed by atoms with Gasteiger partial charge in [0, 0.05) is 10.2 Å². The quantitative estimate of drug-likeness (QED) is 0.341. The van der Waals surface area contributed by atoms with Gasteiger partial charge in [-0.15, -0.1) is 0 Å². The summed E-state index contributed by atoms with van der Waals surface area (Å²) in [5.41, 5.74) is 1.21. The molecule has 0 heterocycles. The fourth-order valence-electron chi connectivity index (χ4n) is 3.85. The number of anilines is 1. The highest BCUT2D eigenvalue weighted by molar-refractivity contribution is 9.10. The lowest BCUT2D eigenvalue weighted by Crippen LogP contribution is -2.34. The van der Waals surface area contributed by atoms with Gasteiger partial charge < -0.3 is 14.8 Å². The molecule has 5 nitrogen and oxygen atoms in total. The maximum absolute atomic E-state index is 12.8. The number of hydrogen-bond acceptors (Lipinski definition) is 4. The molecule has 0 radical (unpaired) electrons. The number of carbonyl (C=O) groups excluding carboxylic acids is 1. The normalized spacial score (nSPS) is 14.1. The van der Waals surface area contributed by atoms with Gasteiger partial charge in [-0.05, 0) is 72.9 Å². The number of rotatable bonds is 9. The number of halogens is 1. The Labute approximate surface area is 210 Å². The second-order valence-electron chi connectivity index (χ2n) is 8.92. The molecule has 0 aliphatic heterocycles. The molecule has 178 valence electrons. The average Bonchev–Trinajstić information content (AvgIpc) is 2.80. The van der Waals surface area contributed by atoms with Crippen LogP contribution in [0.4, 0.5) is 5.69 Å². The van der Waals surface area contributed by atoms with Gasteiger partial charge in [-0.1, -0.05) is 61.9 Å². The third kappa shape index (κ3) is 8.63. The Hall–Kier alpha value is -2.12. The zero-order valence-electron chi connectivity index (χ0n) is 19.4. The van der Waals surface area contributed by atoms with Gasteiger partial charge in [0.25, 0.3) is 5.91 Å². The Morgan fingerprint density at radius 3 is 2.52 bits per heavy atom. The van der Waals surface area contributed by atoms with Crippen molar-refractivity contribution in [2.75, 3.05) is 18.5 Å². The van der Waals surface area contributed by atoms with Crippen LogP contribution in [0.5, 0.6) is 11.5 Å². The second-order valence-corrected chi connectivity index (χ2v) is 10.2. The monoisotopic (exact) mass is 532 g/mol. The van der Waals surface area contributed by atoms with E-state index in [1.54, 1.807) is 12.1 Å². The molecule has 1 fully saturated rings. The molecule has 33 heavy (non-hydrogen) atoms. The number of thiocarbonyl (C=S) groups is 1. The molecule has 1 aliphatic rings. The smallest absolute Gasteiger partial charge is 0.261 e. The van der Waals surface area contributed by atoms with E-state index in [1.807, 2.05) is 30.3 Å². The number of nitrogens with one attached hydrogen (secondary N) is 2. The van der Waals surface area contributed by atoms with E-state index >= 15 is 0 Å². The third-order valence-corrected chi connectivity index (χ3v) is 6.31. The lowest BCUT2D eigenvalue weighted by molar-refractivity contribution is 0.0973. The molecule has 2 N–H and O–H groups in total. The number of benzene rings is 2. The van der Waals surface area contributed by atoms with Crippen LogP contribution in [0.15, 0.2) is 46.9 Å². The first-order chi connectivity index (χ1) is 15.9. The van der Waals surface area contributed by atoms with Crippen LogP contribution in [0, 0.1) is 11.8 Å². The van der Waals surface area contributed by atoms with Gasteiger partial charge in [0.15, 0.2) is 5.11 Å². The fourth-order valence-corrected chi connectivity index (χ4v) is 4.42. The molecule has 1 amide bonds. The molecular formula is C26H33BrN2O3S. The zero-order valence-corrected chi connectivity index (χ0v) is 21.8. The van der Waals surface area contributed by atoms with Crippen molar-refractivity contribution in [2.45, 2.75) is 52.4 Å². The molecular weight excluding hydrogens is 500 g/mol. The summed E-state index contributed by atoms with van der Waals surface area (Å²) in [7, 11) is 0. The van der Waals surface area contributed by atoms with Crippen molar-refractivity contribution >= 4 is 44.9 Å². The van der Waals surface area contributed by atoms with E-state index in [4.69, 9.17) is 21.7 Å². The summed E-state index contributed by atoms with van der Waals surface area (Å²) in [6, 6.07) is 13.0. The first kappa shape index (κ1) is 25.5. The summed E-state index contributed by atoms with van der Waals surface area (Å²) in [6.45, 7) is 5.40. The van der Waals surface area contributed by atoms with E-state index in [2.05, 4.69) is 40.4 Å². The van der Waals surface area contributed by atoms with Gasteiger partial charge in [0.05, 0.1) is 18.8 Å². The number of carbonyl (C=O) groups is 1. The Balaban J connectivity index is 1.49. The van der Waals surface area contributed by atoms with Gasteiger partial charge in [-0.3, -0.25) is 10.1 Å². The highest BCUT2D eigenvalue weighted by Gasteiger charge is 2.16. The first-order valence-electron chi connectivity index (χ1n) is 11.7. The summed E-state index contributed by atoms with van der Waals surface area (Å²) >= 11 is 8.76. The molecule has 3 rings (SSSR count). The summed E-state index contributed by atoms with van der Waals surface area (Å²) < 4.78 is 12.5. The van der Waals surface area contributed by atoms with Crippen LogP contribution in [0.2, 0.25) is 0 Å². The van der Waals surface area contributed by atoms with E-state index in [-0.39, 0.29) is 11.0 Å². The molecule has 2 aromatic rings. The van der Waals surface area contributed by atoms with Crippen molar-refractivity contribution in [1.82, 2.24) is 5.32 Å². The summed E-state index contributed by atoms with van der Waals surface area (Å²) in [5, 5.41) is 6.01. The van der Waals surface area contributed by atoms with E-state index < -0.39 is 0 Å². The highest BCUT2D eigenvalue weighted by Crippen LogP contribution is 2.27. The molecule has 0 unspecified atom stereocenters. The van der Waals surface area contributed by atoms with Crippen LogP contribution in [0.1, 0.15) is 62.7 Å². The number of hydrogen-bond donors (Lipinski definition) is 2. The van der Waals surface area contributed by atoms with Crippen molar-refractivity contribution < 1.29 is 14.3 Å². The van der Waals surface area contributed by atoms with Crippen LogP contribution < -0.4 is 20.1 Å². The van der Waals surface area contributed by atoms with Gasteiger partial charge in [0.1, 0.15) is 11.5 Å². The first-order valence-corrected chi connectivity index (χ1v) is 12.9. The standard InChI is InChI=1S/C26H33BrN2O3S/c1-18(2)17-32-24-13-8-20(27)16-23(24)25(30)29-26(33)28-21-9-11-22(12-10-21)31-15-14-19-6-4-3-5-7-19/h8-13,16,18-19H,3-7,14-15,17H2,1-2H3,(H2,28,29,30,33). The summed E-state index contributed by atoms with van der Waals surface area (Å²) in [6.07, 6.45) is 7.88. The SMILES string of the molecule is CC(C)COc1ccc(Br)cc1C(=O)NC(=S)Nc1ccc(OCCC2CCCCC2)cc1. The Morgan fingerprint density at radius 1 is 1.09 bits per heavy atom. The lowest BCUT2D eigenvalue weighted by Gasteiger charge is -2.21. The zero-order chi connectivity index (χ0) is 23.6. The predicted octanol–water partition coefficient (Wildman–Crippen LogP) is 6.96. The maximum atomic E-state index is 12.8. The molecule has 0 spiro atoms. The molecule has 0 bridgehead atoms. The van der Waals surface area contributed by atoms with Crippen LogP contribution >= 0.6 is 28.1 Å². The molecule has 1 saturated carbocycles.